The molecule has 2 aliphatic heterocycles. The highest BCUT2D eigenvalue weighted by Gasteiger charge is 2.48. The molecule has 1 aromatic carbocycles. The summed E-state index contributed by atoms with van der Waals surface area (Å²) in [5.41, 5.74) is 1.66. The molecule has 2 amide bonds. The Kier molecular flexibility index (Phi) is 3.92. The Bertz CT molecular complexity index is 906. The van der Waals surface area contributed by atoms with Gasteiger partial charge in [-0.1, -0.05) is 6.07 Å². The topological polar surface area (TPSA) is 77.3 Å². The van der Waals surface area contributed by atoms with E-state index >= 15 is 0 Å². The molecule has 0 radical (unpaired) electrons. The van der Waals surface area contributed by atoms with Crippen molar-refractivity contribution in [2.45, 2.75) is 12.8 Å². The van der Waals surface area contributed by atoms with E-state index in [0.29, 0.717) is 37.2 Å². The number of nitrogens with zero attached hydrogens (tertiary/aromatic N) is 4. The number of rotatable bonds is 2. The molecule has 0 aliphatic carbocycles. The van der Waals surface area contributed by atoms with E-state index in [4.69, 9.17) is 5.26 Å². The second-order valence-electron chi connectivity index (χ2n) is 7.04. The number of pyridine rings is 1. The van der Waals surface area contributed by atoms with Crippen LogP contribution in [0.5, 0.6) is 0 Å². The fourth-order valence-electron chi connectivity index (χ4n) is 3.93. The van der Waals surface area contributed by atoms with Crippen molar-refractivity contribution in [3.8, 4) is 6.07 Å². The minimum atomic E-state index is -0.211. The molecule has 0 N–H and O–H groups in total. The predicted molar refractivity (Wildman–Crippen MR) is 95.3 cm³/mol. The summed E-state index contributed by atoms with van der Waals surface area (Å²) in [4.78, 5) is 32.8. The van der Waals surface area contributed by atoms with Crippen molar-refractivity contribution in [3.63, 3.8) is 0 Å². The molecule has 0 saturated carbocycles. The van der Waals surface area contributed by atoms with Gasteiger partial charge in [-0.2, -0.15) is 5.26 Å². The summed E-state index contributed by atoms with van der Waals surface area (Å²) in [6, 6.07) is 12.7. The smallest absolute Gasteiger partial charge is 0.255 e. The molecule has 130 valence electrons. The van der Waals surface area contributed by atoms with Gasteiger partial charge in [0, 0.05) is 49.6 Å². The number of benzene rings is 1. The zero-order chi connectivity index (χ0) is 18.1. The highest BCUT2D eigenvalue weighted by atomic mass is 16.2. The van der Waals surface area contributed by atoms with Crippen molar-refractivity contribution >= 4 is 17.5 Å². The lowest BCUT2D eigenvalue weighted by Crippen LogP contribution is -2.34. The highest BCUT2D eigenvalue weighted by molar-refractivity contribution is 5.97. The van der Waals surface area contributed by atoms with Crippen LogP contribution >= 0.6 is 0 Å². The molecule has 0 bridgehead atoms. The zero-order valence-corrected chi connectivity index (χ0v) is 14.3. The van der Waals surface area contributed by atoms with Crippen LogP contribution in [0.1, 0.15) is 28.8 Å². The summed E-state index contributed by atoms with van der Waals surface area (Å²) < 4.78 is 0. The van der Waals surface area contributed by atoms with E-state index < -0.39 is 0 Å². The van der Waals surface area contributed by atoms with E-state index in [9.17, 15) is 9.59 Å². The number of nitriles is 1. The van der Waals surface area contributed by atoms with Crippen LogP contribution in [0, 0.1) is 16.7 Å². The fraction of sp³-hybridized carbons (Fsp3) is 0.300. The summed E-state index contributed by atoms with van der Waals surface area (Å²) in [6.07, 6.45) is 4.46. The van der Waals surface area contributed by atoms with E-state index in [1.165, 1.54) is 0 Å². The number of likely N-dealkylation sites (tertiary alicyclic amines) is 1. The quantitative estimate of drug-likeness (QED) is 0.835. The second-order valence-corrected chi connectivity index (χ2v) is 7.04. The molecule has 2 saturated heterocycles. The third-order valence-corrected chi connectivity index (χ3v) is 5.24. The van der Waals surface area contributed by atoms with E-state index in [1.807, 2.05) is 11.0 Å². The van der Waals surface area contributed by atoms with Crippen LogP contribution in [-0.4, -0.2) is 41.3 Å². The molecule has 2 aromatic rings. The van der Waals surface area contributed by atoms with Gasteiger partial charge in [0.2, 0.25) is 5.91 Å². The standard InChI is InChI=1S/C20H18N4O2/c21-11-15-3-1-5-17(9-15)24-14-20(10-18(24)25)6-8-23(13-20)19(26)16-4-2-7-22-12-16/h1-5,7,9,12H,6,8,10,13-14H2. The molecule has 2 fully saturated rings. The number of carbonyl (C=O) groups is 2. The van der Waals surface area contributed by atoms with Gasteiger partial charge in [-0.05, 0) is 36.8 Å². The van der Waals surface area contributed by atoms with E-state index in [-0.39, 0.29) is 17.2 Å². The first-order chi connectivity index (χ1) is 12.6. The molecule has 3 heterocycles. The molecule has 1 aromatic heterocycles. The van der Waals surface area contributed by atoms with Crippen LogP contribution in [0.25, 0.3) is 0 Å². The predicted octanol–water partition coefficient (Wildman–Crippen LogP) is 2.22. The van der Waals surface area contributed by atoms with Gasteiger partial charge in [-0.15, -0.1) is 0 Å². The minimum absolute atomic E-state index is 0.0349. The lowest BCUT2D eigenvalue weighted by Gasteiger charge is -2.24. The number of hydrogen-bond acceptors (Lipinski definition) is 4. The van der Waals surface area contributed by atoms with Crippen molar-refractivity contribution in [1.29, 1.82) is 5.26 Å². The largest absolute Gasteiger partial charge is 0.338 e. The molecule has 4 rings (SSSR count). The second kappa shape index (κ2) is 6.26. The van der Waals surface area contributed by atoms with Crippen molar-refractivity contribution in [3.05, 3.63) is 59.9 Å². The third-order valence-electron chi connectivity index (χ3n) is 5.24. The van der Waals surface area contributed by atoms with Gasteiger partial charge in [-0.3, -0.25) is 14.6 Å². The van der Waals surface area contributed by atoms with Crippen LogP contribution in [0.15, 0.2) is 48.8 Å². The Morgan fingerprint density at radius 1 is 1.23 bits per heavy atom. The Balaban J connectivity index is 1.52. The Morgan fingerprint density at radius 2 is 2.12 bits per heavy atom. The van der Waals surface area contributed by atoms with Crippen molar-refractivity contribution in [1.82, 2.24) is 9.88 Å². The van der Waals surface area contributed by atoms with Crippen LogP contribution in [0.3, 0.4) is 0 Å². The van der Waals surface area contributed by atoms with Crippen molar-refractivity contribution < 1.29 is 9.59 Å². The molecular weight excluding hydrogens is 328 g/mol. The monoisotopic (exact) mass is 346 g/mol. The third kappa shape index (κ3) is 2.82. The first-order valence-corrected chi connectivity index (χ1v) is 8.60. The van der Waals surface area contributed by atoms with Gasteiger partial charge in [0.25, 0.3) is 5.91 Å². The molecule has 1 atom stereocenters. The lowest BCUT2D eigenvalue weighted by atomic mass is 9.86. The van der Waals surface area contributed by atoms with Crippen LogP contribution in [-0.2, 0) is 4.79 Å². The van der Waals surface area contributed by atoms with Crippen LogP contribution in [0.2, 0.25) is 0 Å². The Labute approximate surface area is 151 Å². The highest BCUT2D eigenvalue weighted by Crippen LogP contribution is 2.42. The molecule has 6 nitrogen and oxygen atoms in total. The van der Waals surface area contributed by atoms with Crippen LogP contribution in [0.4, 0.5) is 5.69 Å². The maximum atomic E-state index is 12.7. The molecule has 2 aliphatic rings. The lowest BCUT2D eigenvalue weighted by molar-refractivity contribution is -0.117. The summed E-state index contributed by atoms with van der Waals surface area (Å²) in [6.45, 7) is 1.80. The molecule has 6 heteroatoms. The van der Waals surface area contributed by atoms with Crippen molar-refractivity contribution in [2.24, 2.45) is 5.41 Å². The summed E-state index contributed by atoms with van der Waals surface area (Å²) in [7, 11) is 0. The molecule has 26 heavy (non-hydrogen) atoms. The van der Waals surface area contributed by atoms with Gasteiger partial charge >= 0.3 is 0 Å². The first kappa shape index (κ1) is 16.3. The molecular formula is C20H18N4O2. The fourth-order valence-corrected chi connectivity index (χ4v) is 3.93. The average Bonchev–Trinajstić information content (AvgIpc) is 3.24. The van der Waals surface area contributed by atoms with Crippen molar-refractivity contribution in [2.75, 3.05) is 24.5 Å². The summed E-state index contributed by atoms with van der Waals surface area (Å²) >= 11 is 0. The molecule has 1 unspecified atom stereocenters. The average molecular weight is 346 g/mol. The number of hydrogen-bond donors (Lipinski definition) is 0. The van der Waals surface area contributed by atoms with Gasteiger partial charge in [-0.25, -0.2) is 0 Å². The SMILES string of the molecule is N#Cc1cccc(N2CC3(CCN(C(=O)c4cccnc4)C3)CC2=O)c1. The Morgan fingerprint density at radius 3 is 2.88 bits per heavy atom. The van der Waals surface area contributed by atoms with Gasteiger partial charge in [0.1, 0.15) is 0 Å². The van der Waals surface area contributed by atoms with Gasteiger partial charge in [0.05, 0.1) is 17.2 Å². The number of aromatic nitrogens is 1. The van der Waals surface area contributed by atoms with E-state index in [1.54, 1.807) is 47.6 Å². The van der Waals surface area contributed by atoms with Crippen LogP contribution < -0.4 is 4.90 Å². The first-order valence-electron chi connectivity index (χ1n) is 8.60. The number of anilines is 1. The van der Waals surface area contributed by atoms with E-state index in [0.717, 1.165) is 12.1 Å². The molecule has 1 spiro atoms. The van der Waals surface area contributed by atoms with Gasteiger partial charge in [0.15, 0.2) is 0 Å². The zero-order valence-electron chi connectivity index (χ0n) is 14.3. The van der Waals surface area contributed by atoms with Gasteiger partial charge < -0.3 is 9.80 Å². The summed E-state index contributed by atoms with van der Waals surface area (Å²) in [5, 5.41) is 9.08. The summed E-state index contributed by atoms with van der Waals surface area (Å²) in [5.74, 6) is 0.0168. The normalized spacial score (nSPS) is 22.0. The number of carbonyl (C=O) groups excluding carboxylic acids is 2. The maximum Gasteiger partial charge on any atom is 0.255 e. The Hall–Kier alpha value is -3.20. The minimum Gasteiger partial charge on any atom is -0.338 e. The maximum absolute atomic E-state index is 12.7. The number of amides is 2. The van der Waals surface area contributed by atoms with E-state index in [2.05, 4.69) is 11.1 Å².